The van der Waals surface area contributed by atoms with Crippen LogP contribution in [0.3, 0.4) is 0 Å². The minimum Gasteiger partial charge on any atom is -0.457 e. The molecule has 2 rings (SSSR count). The van der Waals surface area contributed by atoms with Crippen LogP contribution in [-0.4, -0.2) is 17.9 Å². The molecule has 0 aromatic carbocycles. The van der Waals surface area contributed by atoms with Crippen molar-refractivity contribution in [3.8, 4) is 0 Å². The predicted molar refractivity (Wildman–Crippen MR) is 63.4 cm³/mol. The average molecular weight is 281 g/mol. The smallest absolute Gasteiger partial charge is 0.262 e. The van der Waals surface area contributed by atoms with E-state index < -0.39 is 0 Å². The highest BCUT2D eigenvalue weighted by Gasteiger charge is 2.17. The summed E-state index contributed by atoms with van der Waals surface area (Å²) in [5, 5.41) is 0. The van der Waals surface area contributed by atoms with Crippen LogP contribution in [-0.2, 0) is 0 Å². The second-order valence-corrected chi connectivity index (χ2v) is 3.90. The molecule has 0 radical (unpaired) electrons. The zero-order chi connectivity index (χ0) is 11.5. The largest absolute Gasteiger partial charge is 0.457 e. The number of carbonyl (C=O) groups excluding carboxylic acids is 1. The van der Waals surface area contributed by atoms with E-state index in [1.165, 1.54) is 11.2 Å². The molecule has 16 heavy (non-hydrogen) atoms. The van der Waals surface area contributed by atoms with Crippen LogP contribution in [0.5, 0.6) is 0 Å². The Morgan fingerprint density at radius 3 is 2.62 bits per heavy atom. The Morgan fingerprint density at radius 2 is 2.06 bits per heavy atom. The molecule has 4 nitrogen and oxygen atoms in total. The Kier molecular flexibility index (Phi) is 3.05. The van der Waals surface area contributed by atoms with Gasteiger partial charge in [-0.15, -0.1) is 0 Å². The van der Waals surface area contributed by atoms with Gasteiger partial charge in [-0.1, -0.05) is 0 Å². The van der Waals surface area contributed by atoms with E-state index >= 15 is 0 Å². The Labute approximate surface area is 101 Å². The molecule has 82 valence electrons. The van der Waals surface area contributed by atoms with E-state index in [0.29, 0.717) is 10.2 Å². The second-order valence-electron chi connectivity index (χ2n) is 3.18. The van der Waals surface area contributed by atoms with Crippen LogP contribution in [0.2, 0.25) is 0 Å². The predicted octanol–water partition coefficient (Wildman–Crippen LogP) is 2.71. The summed E-state index contributed by atoms with van der Waals surface area (Å²) in [6, 6.07) is 5.17. The van der Waals surface area contributed by atoms with Gasteiger partial charge in [-0.05, 0) is 34.1 Å². The van der Waals surface area contributed by atoms with Crippen LogP contribution < -0.4 is 4.90 Å². The molecular weight excluding hydrogens is 272 g/mol. The maximum absolute atomic E-state index is 12.0. The molecule has 2 aromatic heterocycles. The number of amides is 1. The van der Waals surface area contributed by atoms with Crippen LogP contribution in [0.25, 0.3) is 0 Å². The maximum Gasteiger partial charge on any atom is 0.262 e. The molecule has 5 heteroatoms. The third-order valence-corrected chi connectivity index (χ3v) is 2.82. The van der Waals surface area contributed by atoms with Crippen molar-refractivity contribution in [3.05, 3.63) is 47.1 Å². The van der Waals surface area contributed by atoms with E-state index in [4.69, 9.17) is 4.42 Å². The molecular formula is C11H9BrN2O2. The topological polar surface area (TPSA) is 46.3 Å². The molecule has 2 aromatic rings. The average Bonchev–Trinajstić information content (AvgIpc) is 2.75. The van der Waals surface area contributed by atoms with Crippen molar-refractivity contribution in [1.82, 2.24) is 4.98 Å². The third-order valence-electron chi connectivity index (χ3n) is 2.20. The van der Waals surface area contributed by atoms with Crippen molar-refractivity contribution in [2.45, 2.75) is 0 Å². The highest BCUT2D eigenvalue weighted by Crippen LogP contribution is 2.21. The van der Waals surface area contributed by atoms with Gasteiger partial charge in [0.15, 0.2) is 4.67 Å². The number of halogens is 1. The van der Waals surface area contributed by atoms with E-state index in [-0.39, 0.29) is 5.91 Å². The fraction of sp³-hybridized carbons (Fsp3) is 0.0909. The van der Waals surface area contributed by atoms with Crippen LogP contribution in [0.4, 0.5) is 5.69 Å². The molecule has 0 aliphatic heterocycles. The number of hydrogen-bond acceptors (Lipinski definition) is 3. The zero-order valence-electron chi connectivity index (χ0n) is 8.55. The molecule has 0 N–H and O–H groups in total. The molecule has 0 saturated heterocycles. The first-order valence-electron chi connectivity index (χ1n) is 4.61. The lowest BCUT2D eigenvalue weighted by Gasteiger charge is -2.16. The quantitative estimate of drug-likeness (QED) is 0.850. The summed E-state index contributed by atoms with van der Waals surface area (Å²) < 4.78 is 5.47. The normalized spacial score (nSPS) is 10.1. The van der Waals surface area contributed by atoms with Gasteiger partial charge in [-0.2, -0.15) is 0 Å². The number of nitrogens with zero attached hydrogens (tertiary/aromatic N) is 2. The molecule has 0 fully saturated rings. The number of pyridine rings is 1. The first-order chi connectivity index (χ1) is 7.70. The first-order valence-corrected chi connectivity index (χ1v) is 5.40. The fourth-order valence-electron chi connectivity index (χ4n) is 1.31. The van der Waals surface area contributed by atoms with Crippen LogP contribution in [0.1, 0.15) is 10.4 Å². The second kappa shape index (κ2) is 4.49. The molecule has 0 saturated carbocycles. The summed E-state index contributed by atoms with van der Waals surface area (Å²) in [6.07, 6.45) is 4.75. The summed E-state index contributed by atoms with van der Waals surface area (Å²) in [6.45, 7) is 0. The fourth-order valence-corrected chi connectivity index (χ4v) is 1.72. The van der Waals surface area contributed by atoms with Crippen molar-refractivity contribution >= 4 is 27.5 Å². The summed E-state index contributed by atoms with van der Waals surface area (Å²) in [5.74, 6) is -0.133. The lowest BCUT2D eigenvalue weighted by Crippen LogP contribution is -2.26. The molecule has 0 bridgehead atoms. The van der Waals surface area contributed by atoms with Crippen LogP contribution in [0, 0.1) is 0 Å². The van der Waals surface area contributed by atoms with Gasteiger partial charge in [0.2, 0.25) is 0 Å². The minimum absolute atomic E-state index is 0.133. The van der Waals surface area contributed by atoms with E-state index in [0.717, 1.165) is 5.69 Å². The van der Waals surface area contributed by atoms with E-state index in [1.54, 1.807) is 37.6 Å². The number of hydrogen-bond donors (Lipinski definition) is 0. The van der Waals surface area contributed by atoms with Crippen molar-refractivity contribution in [3.63, 3.8) is 0 Å². The molecule has 0 spiro atoms. The Hall–Kier alpha value is -1.62. The van der Waals surface area contributed by atoms with Gasteiger partial charge in [0.05, 0.1) is 11.8 Å². The molecule has 1 amide bonds. The van der Waals surface area contributed by atoms with Gasteiger partial charge >= 0.3 is 0 Å². The van der Waals surface area contributed by atoms with E-state index in [2.05, 4.69) is 20.9 Å². The van der Waals surface area contributed by atoms with Gasteiger partial charge in [0.25, 0.3) is 5.91 Å². The van der Waals surface area contributed by atoms with Crippen LogP contribution in [0.15, 0.2) is 45.9 Å². The SMILES string of the molecule is CN(C(=O)c1ccoc1Br)c1ccncc1. The third kappa shape index (κ3) is 1.99. The number of rotatable bonds is 2. The summed E-state index contributed by atoms with van der Waals surface area (Å²) in [5.41, 5.74) is 1.28. The van der Waals surface area contributed by atoms with Crippen molar-refractivity contribution in [2.75, 3.05) is 11.9 Å². The first kappa shape index (κ1) is 10.9. The molecule has 0 aliphatic carbocycles. The maximum atomic E-state index is 12.0. The number of carbonyl (C=O) groups is 1. The van der Waals surface area contributed by atoms with Gasteiger partial charge in [-0.25, -0.2) is 0 Å². The highest BCUT2D eigenvalue weighted by molar-refractivity contribution is 9.10. The van der Waals surface area contributed by atoms with Crippen molar-refractivity contribution in [1.29, 1.82) is 0 Å². The standard InChI is InChI=1S/C11H9BrN2O2/c1-14(8-2-5-13-6-3-8)11(15)9-4-7-16-10(9)12/h2-7H,1H3. The van der Waals surface area contributed by atoms with Crippen molar-refractivity contribution < 1.29 is 9.21 Å². The lowest BCUT2D eigenvalue weighted by atomic mass is 10.3. The van der Waals surface area contributed by atoms with Gasteiger partial charge in [0, 0.05) is 25.1 Å². The monoisotopic (exact) mass is 280 g/mol. The Bertz CT molecular complexity index is 496. The summed E-state index contributed by atoms with van der Waals surface area (Å²) in [4.78, 5) is 17.5. The summed E-state index contributed by atoms with van der Waals surface area (Å²) >= 11 is 3.18. The van der Waals surface area contributed by atoms with Crippen molar-refractivity contribution in [2.24, 2.45) is 0 Å². The molecule has 0 aliphatic rings. The van der Waals surface area contributed by atoms with Gasteiger partial charge in [-0.3, -0.25) is 9.78 Å². The molecule has 0 atom stereocenters. The summed E-state index contributed by atoms with van der Waals surface area (Å²) in [7, 11) is 1.71. The molecule has 2 heterocycles. The minimum atomic E-state index is -0.133. The number of furan rings is 1. The van der Waals surface area contributed by atoms with E-state index in [1.807, 2.05) is 0 Å². The Morgan fingerprint density at radius 1 is 1.38 bits per heavy atom. The van der Waals surface area contributed by atoms with Gasteiger partial charge < -0.3 is 9.32 Å². The molecule has 0 unspecified atom stereocenters. The van der Waals surface area contributed by atoms with E-state index in [9.17, 15) is 4.79 Å². The zero-order valence-corrected chi connectivity index (χ0v) is 10.1. The van der Waals surface area contributed by atoms with Gasteiger partial charge in [0.1, 0.15) is 0 Å². The number of aromatic nitrogens is 1. The Balaban J connectivity index is 2.27. The lowest BCUT2D eigenvalue weighted by molar-refractivity contribution is 0.0991. The number of anilines is 1. The van der Waals surface area contributed by atoms with Crippen LogP contribution >= 0.6 is 15.9 Å². The highest BCUT2D eigenvalue weighted by atomic mass is 79.9.